The molecule has 1 fully saturated rings. The second-order valence-electron chi connectivity index (χ2n) is 5.01. The molecule has 1 aliphatic carbocycles. The predicted molar refractivity (Wildman–Crippen MR) is 70.1 cm³/mol. The molecule has 1 aliphatic rings. The lowest BCUT2D eigenvalue weighted by molar-refractivity contribution is 0.280. The zero-order valence-electron chi connectivity index (χ0n) is 10.3. The Balaban J connectivity index is 2.46. The largest absolute Gasteiger partial charge is 0.392 e. The van der Waals surface area contributed by atoms with Gasteiger partial charge in [-0.15, -0.1) is 0 Å². The lowest BCUT2D eigenvalue weighted by Crippen LogP contribution is -2.34. The Labute approximate surface area is 112 Å². The standard InChI is InChI=1S/C12H16ClNO3S/c1-8-9(7-15)5-10(13)6-11(8)18(16,17)14-12(2)3-4-12/h5-6,14-15H,3-4,7H2,1-2H3. The van der Waals surface area contributed by atoms with Crippen LogP contribution in [0.3, 0.4) is 0 Å². The molecule has 0 saturated heterocycles. The smallest absolute Gasteiger partial charge is 0.241 e. The molecule has 0 radical (unpaired) electrons. The number of hydrogen-bond donors (Lipinski definition) is 2. The van der Waals surface area contributed by atoms with Gasteiger partial charge in [0.05, 0.1) is 11.5 Å². The number of nitrogens with one attached hydrogen (secondary N) is 1. The van der Waals surface area contributed by atoms with E-state index >= 15 is 0 Å². The van der Waals surface area contributed by atoms with Crippen LogP contribution < -0.4 is 4.72 Å². The molecule has 1 saturated carbocycles. The van der Waals surface area contributed by atoms with E-state index in [2.05, 4.69) is 4.72 Å². The third kappa shape index (κ3) is 2.69. The quantitative estimate of drug-likeness (QED) is 0.890. The Hall–Kier alpha value is -0.620. The number of aliphatic hydroxyl groups is 1. The fourth-order valence-corrected chi connectivity index (χ4v) is 3.91. The lowest BCUT2D eigenvalue weighted by Gasteiger charge is -2.15. The van der Waals surface area contributed by atoms with Crippen LogP contribution in [-0.4, -0.2) is 19.1 Å². The van der Waals surface area contributed by atoms with E-state index in [0.717, 1.165) is 12.8 Å². The summed E-state index contributed by atoms with van der Waals surface area (Å²) in [6.07, 6.45) is 1.69. The minimum Gasteiger partial charge on any atom is -0.392 e. The molecule has 0 spiro atoms. The Morgan fingerprint density at radius 2 is 2.06 bits per heavy atom. The second-order valence-corrected chi connectivity index (χ2v) is 7.10. The zero-order valence-corrected chi connectivity index (χ0v) is 11.9. The molecule has 1 aromatic carbocycles. The monoisotopic (exact) mass is 289 g/mol. The van der Waals surface area contributed by atoms with Crippen molar-refractivity contribution in [2.24, 2.45) is 0 Å². The van der Waals surface area contributed by atoms with Crippen molar-refractivity contribution in [2.75, 3.05) is 0 Å². The molecule has 0 unspecified atom stereocenters. The van der Waals surface area contributed by atoms with Gasteiger partial charge in [-0.1, -0.05) is 11.6 Å². The zero-order chi connectivity index (χ0) is 13.6. The van der Waals surface area contributed by atoms with Gasteiger partial charge in [-0.25, -0.2) is 13.1 Å². The van der Waals surface area contributed by atoms with E-state index in [0.29, 0.717) is 16.1 Å². The van der Waals surface area contributed by atoms with Crippen molar-refractivity contribution in [3.63, 3.8) is 0 Å². The third-order valence-corrected chi connectivity index (χ3v) is 5.26. The van der Waals surface area contributed by atoms with Gasteiger partial charge in [0.15, 0.2) is 0 Å². The molecule has 0 heterocycles. The van der Waals surface area contributed by atoms with E-state index in [1.165, 1.54) is 6.07 Å². The molecule has 1 aromatic rings. The first kappa shape index (κ1) is 13.8. The van der Waals surface area contributed by atoms with Crippen LogP contribution >= 0.6 is 11.6 Å². The van der Waals surface area contributed by atoms with Crippen LogP contribution in [0.4, 0.5) is 0 Å². The summed E-state index contributed by atoms with van der Waals surface area (Å²) in [5, 5.41) is 9.52. The molecule has 0 amide bonds. The Morgan fingerprint density at radius 3 is 2.56 bits per heavy atom. The Morgan fingerprint density at radius 1 is 1.44 bits per heavy atom. The van der Waals surface area contributed by atoms with Gasteiger partial charge in [0.2, 0.25) is 10.0 Å². The third-order valence-electron chi connectivity index (χ3n) is 3.27. The van der Waals surface area contributed by atoms with Crippen molar-refractivity contribution in [3.05, 3.63) is 28.3 Å². The summed E-state index contributed by atoms with van der Waals surface area (Å²) in [7, 11) is -3.59. The number of rotatable bonds is 4. The minimum absolute atomic E-state index is 0.146. The van der Waals surface area contributed by atoms with Gasteiger partial charge in [0.1, 0.15) is 0 Å². The van der Waals surface area contributed by atoms with Crippen LogP contribution in [0.5, 0.6) is 0 Å². The van der Waals surface area contributed by atoms with Crippen LogP contribution in [0.15, 0.2) is 17.0 Å². The first-order valence-electron chi connectivity index (χ1n) is 5.71. The van der Waals surface area contributed by atoms with Crippen molar-refractivity contribution in [3.8, 4) is 0 Å². The van der Waals surface area contributed by atoms with Gasteiger partial charge < -0.3 is 5.11 Å². The van der Waals surface area contributed by atoms with Crippen molar-refractivity contribution in [1.82, 2.24) is 4.72 Å². The molecule has 0 aromatic heterocycles. The maximum atomic E-state index is 12.3. The maximum absolute atomic E-state index is 12.3. The second kappa shape index (κ2) is 4.49. The fourth-order valence-electron chi connectivity index (χ4n) is 1.82. The number of aliphatic hydroxyl groups excluding tert-OH is 1. The van der Waals surface area contributed by atoms with E-state index in [4.69, 9.17) is 11.6 Å². The van der Waals surface area contributed by atoms with Crippen LogP contribution in [0.1, 0.15) is 30.9 Å². The number of benzene rings is 1. The Bertz CT molecular complexity index is 579. The molecule has 4 nitrogen and oxygen atoms in total. The van der Waals surface area contributed by atoms with Gasteiger partial charge in [-0.3, -0.25) is 0 Å². The van der Waals surface area contributed by atoms with Gasteiger partial charge in [0, 0.05) is 10.6 Å². The van der Waals surface area contributed by atoms with Gasteiger partial charge in [-0.2, -0.15) is 0 Å². The van der Waals surface area contributed by atoms with Crippen LogP contribution in [0, 0.1) is 6.92 Å². The highest BCUT2D eigenvalue weighted by Crippen LogP contribution is 2.36. The van der Waals surface area contributed by atoms with E-state index in [9.17, 15) is 13.5 Å². The summed E-state index contributed by atoms with van der Waals surface area (Å²) in [6, 6.07) is 3.00. The topological polar surface area (TPSA) is 66.4 Å². The van der Waals surface area contributed by atoms with E-state index in [1.54, 1.807) is 13.0 Å². The van der Waals surface area contributed by atoms with Gasteiger partial charge in [0.25, 0.3) is 0 Å². The fraction of sp³-hybridized carbons (Fsp3) is 0.500. The first-order chi connectivity index (χ1) is 8.27. The number of hydrogen-bond acceptors (Lipinski definition) is 3. The van der Waals surface area contributed by atoms with E-state index in [-0.39, 0.29) is 17.0 Å². The minimum atomic E-state index is -3.59. The molecule has 2 rings (SSSR count). The molecule has 100 valence electrons. The molecule has 18 heavy (non-hydrogen) atoms. The summed E-state index contributed by atoms with van der Waals surface area (Å²) in [5.41, 5.74) is 0.745. The van der Waals surface area contributed by atoms with Crippen LogP contribution in [0.25, 0.3) is 0 Å². The maximum Gasteiger partial charge on any atom is 0.241 e. The molecule has 6 heteroatoms. The normalized spacial score (nSPS) is 17.8. The highest BCUT2D eigenvalue weighted by molar-refractivity contribution is 7.89. The Kier molecular flexibility index (Phi) is 3.44. The van der Waals surface area contributed by atoms with Crippen LogP contribution in [0.2, 0.25) is 5.02 Å². The molecule has 0 bridgehead atoms. The van der Waals surface area contributed by atoms with E-state index < -0.39 is 10.0 Å². The van der Waals surface area contributed by atoms with Crippen molar-refractivity contribution >= 4 is 21.6 Å². The average Bonchev–Trinajstić information content (AvgIpc) is 2.97. The predicted octanol–water partition coefficient (Wildman–Crippen LogP) is 1.97. The summed E-state index contributed by atoms with van der Waals surface area (Å²) in [5.74, 6) is 0. The highest BCUT2D eigenvalue weighted by Gasteiger charge is 2.41. The van der Waals surface area contributed by atoms with Crippen molar-refractivity contribution < 1.29 is 13.5 Å². The highest BCUT2D eigenvalue weighted by atomic mass is 35.5. The summed E-state index contributed by atoms with van der Waals surface area (Å²) < 4.78 is 27.2. The van der Waals surface area contributed by atoms with Crippen molar-refractivity contribution in [2.45, 2.75) is 43.7 Å². The summed E-state index contributed by atoms with van der Waals surface area (Å²) >= 11 is 5.89. The average molecular weight is 290 g/mol. The van der Waals surface area contributed by atoms with Crippen LogP contribution in [-0.2, 0) is 16.6 Å². The summed E-state index contributed by atoms with van der Waals surface area (Å²) in [4.78, 5) is 0.146. The molecule has 0 aliphatic heterocycles. The molecule has 2 N–H and O–H groups in total. The van der Waals surface area contributed by atoms with Gasteiger partial charge >= 0.3 is 0 Å². The SMILES string of the molecule is Cc1c(CO)cc(Cl)cc1S(=O)(=O)NC1(C)CC1. The summed E-state index contributed by atoms with van der Waals surface area (Å²) in [6.45, 7) is 3.31. The molecule has 0 atom stereocenters. The lowest BCUT2D eigenvalue weighted by atomic mass is 10.1. The number of sulfonamides is 1. The molecular formula is C12H16ClNO3S. The number of halogens is 1. The van der Waals surface area contributed by atoms with Crippen molar-refractivity contribution in [1.29, 1.82) is 0 Å². The van der Waals surface area contributed by atoms with E-state index in [1.807, 2.05) is 6.92 Å². The molecular weight excluding hydrogens is 274 g/mol. The first-order valence-corrected chi connectivity index (χ1v) is 7.57. The van der Waals surface area contributed by atoms with Gasteiger partial charge in [-0.05, 0) is 49.9 Å².